The Balaban J connectivity index is 1.49. The summed E-state index contributed by atoms with van der Waals surface area (Å²) in [5.74, 6) is 1.06. The Kier molecular flexibility index (Phi) is 6.83. The van der Waals surface area contributed by atoms with Crippen LogP contribution in [0.25, 0.3) is 0 Å². The van der Waals surface area contributed by atoms with Gasteiger partial charge in [-0.25, -0.2) is 0 Å². The van der Waals surface area contributed by atoms with Gasteiger partial charge in [0.05, 0.1) is 11.3 Å². The molecule has 6 heteroatoms. The molecule has 0 radical (unpaired) electrons. The number of amides is 2. The lowest BCUT2D eigenvalue weighted by Crippen LogP contribution is -2.38. The summed E-state index contributed by atoms with van der Waals surface area (Å²) in [5, 5.41) is 0. The molecule has 1 unspecified atom stereocenters. The molecule has 2 aromatic carbocycles. The molecule has 1 fully saturated rings. The number of ether oxygens (including phenoxy) is 1. The highest BCUT2D eigenvalue weighted by atomic mass is 16.5. The van der Waals surface area contributed by atoms with Crippen molar-refractivity contribution in [2.75, 3.05) is 13.1 Å². The highest BCUT2D eigenvalue weighted by molar-refractivity contribution is 5.94. The maximum Gasteiger partial charge on any atom is 0.250 e. The zero-order chi connectivity index (χ0) is 23.2. The van der Waals surface area contributed by atoms with Crippen molar-refractivity contribution in [3.8, 4) is 11.5 Å². The van der Waals surface area contributed by atoms with Crippen LogP contribution in [0, 0.1) is 0 Å². The SMILES string of the molecule is C=CC(=O)N1CCCC(c2cnc(Cc3ccc(Oc4ccccc4)cc3)c(C(N)=O)c2)C1. The van der Waals surface area contributed by atoms with E-state index in [2.05, 4.69) is 11.6 Å². The molecular weight excluding hydrogens is 414 g/mol. The van der Waals surface area contributed by atoms with Gasteiger partial charge < -0.3 is 15.4 Å². The lowest BCUT2D eigenvalue weighted by molar-refractivity contribution is -0.127. The fourth-order valence-electron chi connectivity index (χ4n) is 4.16. The highest BCUT2D eigenvalue weighted by Gasteiger charge is 2.25. The summed E-state index contributed by atoms with van der Waals surface area (Å²) in [7, 11) is 0. The summed E-state index contributed by atoms with van der Waals surface area (Å²) in [6.07, 6.45) is 5.46. The maximum absolute atomic E-state index is 12.2. The maximum atomic E-state index is 12.2. The summed E-state index contributed by atoms with van der Waals surface area (Å²) >= 11 is 0. The third-order valence-corrected chi connectivity index (χ3v) is 5.91. The number of benzene rings is 2. The van der Waals surface area contributed by atoms with Gasteiger partial charge in [0, 0.05) is 31.6 Å². The van der Waals surface area contributed by atoms with Crippen LogP contribution >= 0.6 is 0 Å². The average Bonchev–Trinajstić information content (AvgIpc) is 2.85. The van der Waals surface area contributed by atoms with Crippen molar-refractivity contribution in [1.82, 2.24) is 9.88 Å². The Bertz CT molecular complexity index is 1140. The number of hydrogen-bond donors (Lipinski definition) is 1. The van der Waals surface area contributed by atoms with Crippen molar-refractivity contribution in [2.24, 2.45) is 5.73 Å². The van der Waals surface area contributed by atoms with E-state index in [9.17, 15) is 9.59 Å². The zero-order valence-electron chi connectivity index (χ0n) is 18.4. The minimum atomic E-state index is -0.502. The predicted molar refractivity (Wildman–Crippen MR) is 127 cm³/mol. The second kappa shape index (κ2) is 10.1. The van der Waals surface area contributed by atoms with Crippen molar-refractivity contribution in [3.05, 3.63) is 102 Å². The average molecular weight is 442 g/mol. The van der Waals surface area contributed by atoms with Crippen LogP contribution in [0.15, 0.2) is 79.5 Å². The molecule has 4 rings (SSSR count). The summed E-state index contributed by atoms with van der Waals surface area (Å²) in [6, 6.07) is 19.1. The summed E-state index contributed by atoms with van der Waals surface area (Å²) in [6.45, 7) is 4.89. The first-order valence-electron chi connectivity index (χ1n) is 11.1. The Morgan fingerprint density at radius 2 is 1.85 bits per heavy atom. The molecule has 0 bridgehead atoms. The van der Waals surface area contributed by atoms with E-state index >= 15 is 0 Å². The summed E-state index contributed by atoms with van der Waals surface area (Å²) < 4.78 is 5.84. The number of para-hydroxylation sites is 1. The summed E-state index contributed by atoms with van der Waals surface area (Å²) in [5.41, 5.74) is 8.68. The molecule has 6 nitrogen and oxygen atoms in total. The number of rotatable bonds is 7. The minimum absolute atomic E-state index is 0.0703. The van der Waals surface area contributed by atoms with E-state index in [1.165, 1.54) is 6.08 Å². The van der Waals surface area contributed by atoms with E-state index in [1.54, 1.807) is 11.1 Å². The number of carbonyl (C=O) groups excluding carboxylic acids is 2. The van der Waals surface area contributed by atoms with Crippen molar-refractivity contribution in [1.29, 1.82) is 0 Å². The Morgan fingerprint density at radius 1 is 1.12 bits per heavy atom. The van der Waals surface area contributed by atoms with Gasteiger partial charge in [-0.1, -0.05) is 36.9 Å². The molecule has 33 heavy (non-hydrogen) atoms. The molecule has 2 N–H and O–H groups in total. The van der Waals surface area contributed by atoms with E-state index in [0.717, 1.165) is 42.0 Å². The smallest absolute Gasteiger partial charge is 0.250 e. The van der Waals surface area contributed by atoms with Crippen LogP contribution in [-0.2, 0) is 11.2 Å². The molecule has 1 saturated heterocycles. The van der Waals surface area contributed by atoms with Crippen LogP contribution in [0.2, 0.25) is 0 Å². The van der Waals surface area contributed by atoms with Gasteiger partial charge in [0.2, 0.25) is 5.91 Å². The topological polar surface area (TPSA) is 85.5 Å². The van der Waals surface area contributed by atoms with E-state index in [4.69, 9.17) is 10.5 Å². The first-order valence-corrected chi connectivity index (χ1v) is 11.1. The number of nitrogens with zero attached hydrogens (tertiary/aromatic N) is 2. The molecule has 0 saturated carbocycles. The number of likely N-dealkylation sites (tertiary alicyclic amines) is 1. The molecule has 2 heterocycles. The third kappa shape index (κ3) is 5.47. The number of nitrogens with two attached hydrogens (primary N) is 1. The van der Waals surface area contributed by atoms with Gasteiger partial charge in [-0.15, -0.1) is 0 Å². The molecule has 2 amide bonds. The second-order valence-electron chi connectivity index (χ2n) is 8.19. The fourth-order valence-corrected chi connectivity index (χ4v) is 4.16. The zero-order valence-corrected chi connectivity index (χ0v) is 18.4. The van der Waals surface area contributed by atoms with Crippen LogP contribution < -0.4 is 10.5 Å². The van der Waals surface area contributed by atoms with Crippen molar-refractivity contribution in [2.45, 2.75) is 25.2 Å². The van der Waals surface area contributed by atoms with E-state index in [1.807, 2.05) is 60.7 Å². The van der Waals surface area contributed by atoms with E-state index in [-0.39, 0.29) is 11.8 Å². The van der Waals surface area contributed by atoms with Crippen LogP contribution in [0.3, 0.4) is 0 Å². The normalized spacial score (nSPS) is 15.6. The molecule has 0 spiro atoms. The van der Waals surface area contributed by atoms with Crippen LogP contribution in [0.5, 0.6) is 11.5 Å². The van der Waals surface area contributed by atoms with Gasteiger partial charge in [0.1, 0.15) is 11.5 Å². The van der Waals surface area contributed by atoms with Crippen LogP contribution in [0.4, 0.5) is 0 Å². The number of pyridine rings is 1. The number of aromatic nitrogens is 1. The molecule has 0 aliphatic carbocycles. The van der Waals surface area contributed by atoms with Gasteiger partial charge >= 0.3 is 0 Å². The Hall–Kier alpha value is -3.93. The first-order chi connectivity index (χ1) is 16.0. The second-order valence-corrected chi connectivity index (χ2v) is 8.19. The van der Waals surface area contributed by atoms with Crippen molar-refractivity contribution >= 4 is 11.8 Å². The highest BCUT2D eigenvalue weighted by Crippen LogP contribution is 2.28. The molecule has 1 aliphatic heterocycles. The number of hydrogen-bond acceptors (Lipinski definition) is 4. The first kappa shape index (κ1) is 22.3. The van der Waals surface area contributed by atoms with Gasteiger partial charge in [-0.2, -0.15) is 0 Å². The van der Waals surface area contributed by atoms with Crippen molar-refractivity contribution in [3.63, 3.8) is 0 Å². The molecular formula is C27H27N3O3. The molecule has 1 aliphatic rings. The number of carbonyl (C=O) groups is 2. The van der Waals surface area contributed by atoms with Gasteiger partial charge in [-0.3, -0.25) is 14.6 Å². The molecule has 1 aromatic heterocycles. The molecule has 3 aromatic rings. The number of primary amides is 1. The summed E-state index contributed by atoms with van der Waals surface area (Å²) in [4.78, 5) is 30.6. The van der Waals surface area contributed by atoms with E-state index < -0.39 is 5.91 Å². The Labute approximate surface area is 193 Å². The largest absolute Gasteiger partial charge is 0.457 e. The number of piperidine rings is 1. The van der Waals surface area contributed by atoms with Crippen molar-refractivity contribution < 1.29 is 14.3 Å². The van der Waals surface area contributed by atoms with Crippen LogP contribution in [0.1, 0.15) is 45.9 Å². The minimum Gasteiger partial charge on any atom is -0.457 e. The fraction of sp³-hybridized carbons (Fsp3) is 0.222. The molecule has 1 atom stereocenters. The monoisotopic (exact) mass is 441 g/mol. The van der Waals surface area contributed by atoms with Gasteiger partial charge in [0.15, 0.2) is 0 Å². The quantitative estimate of drug-likeness (QED) is 0.549. The lowest BCUT2D eigenvalue weighted by Gasteiger charge is -2.32. The lowest BCUT2D eigenvalue weighted by atomic mass is 9.90. The third-order valence-electron chi connectivity index (χ3n) is 5.91. The Morgan fingerprint density at radius 3 is 2.55 bits per heavy atom. The predicted octanol–water partition coefficient (Wildman–Crippen LogP) is 4.46. The standard InChI is InChI=1S/C27H27N3O3/c1-2-26(31)30-14-6-7-20(18-30)21-16-24(27(28)32)25(29-17-21)15-19-10-12-23(13-11-19)33-22-8-4-3-5-9-22/h2-5,8-13,16-17,20H,1,6-7,14-15,18H2,(H2,28,32). The molecule has 168 valence electrons. The van der Waals surface area contributed by atoms with E-state index in [0.29, 0.717) is 24.2 Å². The van der Waals surface area contributed by atoms with Gasteiger partial charge in [0.25, 0.3) is 5.91 Å². The van der Waals surface area contributed by atoms with Crippen LogP contribution in [-0.4, -0.2) is 34.8 Å². The van der Waals surface area contributed by atoms with Gasteiger partial charge in [-0.05, 0) is 60.4 Å².